The number of anilines is 2. The summed E-state index contributed by atoms with van der Waals surface area (Å²) in [6, 6.07) is 20.7. The first-order chi connectivity index (χ1) is 18.0. The van der Waals surface area contributed by atoms with E-state index in [4.69, 9.17) is 9.15 Å². The molecule has 6 rings (SSSR count). The van der Waals surface area contributed by atoms with E-state index in [-0.39, 0.29) is 17.1 Å². The lowest BCUT2D eigenvalue weighted by molar-refractivity contribution is -0.116. The Morgan fingerprint density at radius 2 is 1.76 bits per heavy atom. The van der Waals surface area contributed by atoms with Crippen LogP contribution in [-0.4, -0.2) is 12.4 Å². The highest BCUT2D eigenvalue weighted by molar-refractivity contribution is 6.01. The van der Waals surface area contributed by atoms with Gasteiger partial charge in [0.05, 0.1) is 35.0 Å². The maximum Gasteiger partial charge on any atom is 0.198 e. The van der Waals surface area contributed by atoms with Crippen molar-refractivity contribution in [2.75, 3.05) is 17.2 Å². The van der Waals surface area contributed by atoms with Crippen molar-refractivity contribution in [2.45, 2.75) is 38.6 Å². The zero-order valence-corrected chi connectivity index (χ0v) is 20.8. The Labute approximate surface area is 215 Å². The third-order valence-corrected chi connectivity index (χ3v) is 7.24. The molecule has 6 heteroatoms. The number of allylic oxidation sites excluding steroid dienone is 1. The fourth-order valence-corrected chi connectivity index (χ4v) is 5.42. The number of carbonyl (C=O) groups is 1. The molecule has 2 N–H and O–H groups in total. The molecule has 2 unspecified atom stereocenters. The SMILES string of the molecule is CCOc1ccc(C2CC(=O)C3=C(C2)Nc2ccccc2NC3c2coc3ccc(C)cc3c2=O)cc1. The molecule has 0 spiro atoms. The van der Waals surface area contributed by atoms with E-state index in [2.05, 4.69) is 10.6 Å². The van der Waals surface area contributed by atoms with Crippen LogP contribution in [-0.2, 0) is 4.79 Å². The number of ketones is 1. The maximum atomic E-state index is 13.8. The van der Waals surface area contributed by atoms with Crippen molar-refractivity contribution in [3.05, 3.63) is 111 Å². The number of aryl methyl sites for hydroxylation is 1. The van der Waals surface area contributed by atoms with Gasteiger partial charge in [-0.3, -0.25) is 9.59 Å². The van der Waals surface area contributed by atoms with E-state index in [1.807, 2.05) is 80.6 Å². The van der Waals surface area contributed by atoms with Gasteiger partial charge >= 0.3 is 0 Å². The molecule has 1 aliphatic carbocycles. The summed E-state index contributed by atoms with van der Waals surface area (Å²) < 4.78 is 11.5. The van der Waals surface area contributed by atoms with Gasteiger partial charge in [-0.1, -0.05) is 35.9 Å². The molecule has 6 nitrogen and oxygen atoms in total. The summed E-state index contributed by atoms with van der Waals surface area (Å²) >= 11 is 0. The van der Waals surface area contributed by atoms with Crippen LogP contribution in [0.3, 0.4) is 0 Å². The van der Waals surface area contributed by atoms with Crippen molar-refractivity contribution >= 4 is 28.1 Å². The second kappa shape index (κ2) is 9.28. The number of carbonyl (C=O) groups excluding carboxylic acids is 1. The highest BCUT2D eigenvalue weighted by atomic mass is 16.5. The molecule has 4 aromatic rings. The van der Waals surface area contributed by atoms with Crippen LogP contribution in [0.25, 0.3) is 11.0 Å². The molecule has 0 saturated heterocycles. The van der Waals surface area contributed by atoms with Crippen molar-refractivity contribution < 1.29 is 13.9 Å². The van der Waals surface area contributed by atoms with Gasteiger partial charge in [-0.25, -0.2) is 0 Å². The number of para-hydroxylation sites is 2. The summed E-state index contributed by atoms with van der Waals surface area (Å²) in [6.45, 7) is 4.51. The Hall–Kier alpha value is -4.32. The van der Waals surface area contributed by atoms with E-state index < -0.39 is 6.04 Å². The molecular formula is C31H28N2O4. The number of benzene rings is 3. The lowest BCUT2D eigenvalue weighted by atomic mass is 9.78. The van der Waals surface area contributed by atoms with Crippen LogP contribution in [0, 0.1) is 6.92 Å². The summed E-state index contributed by atoms with van der Waals surface area (Å²) in [4.78, 5) is 27.5. The van der Waals surface area contributed by atoms with Gasteiger partial charge in [0.15, 0.2) is 11.2 Å². The van der Waals surface area contributed by atoms with Crippen molar-refractivity contribution in [2.24, 2.45) is 0 Å². The minimum Gasteiger partial charge on any atom is -0.494 e. The number of hydrogen-bond acceptors (Lipinski definition) is 6. The van der Waals surface area contributed by atoms with Gasteiger partial charge in [0, 0.05) is 17.7 Å². The molecule has 0 fully saturated rings. The Balaban J connectivity index is 1.46. The zero-order chi connectivity index (χ0) is 25.5. The average Bonchev–Trinajstić information content (AvgIpc) is 3.07. The van der Waals surface area contributed by atoms with E-state index in [0.717, 1.165) is 33.9 Å². The van der Waals surface area contributed by atoms with Crippen LogP contribution in [0.2, 0.25) is 0 Å². The van der Waals surface area contributed by atoms with E-state index in [9.17, 15) is 9.59 Å². The number of fused-ring (bicyclic) bond motifs is 2. The van der Waals surface area contributed by atoms with Gasteiger partial charge in [0.1, 0.15) is 17.6 Å². The Morgan fingerprint density at radius 3 is 2.54 bits per heavy atom. The normalized spacial score (nSPS) is 18.9. The smallest absolute Gasteiger partial charge is 0.198 e. The minimum atomic E-state index is -0.624. The van der Waals surface area contributed by atoms with E-state index in [1.165, 1.54) is 6.26 Å². The number of ether oxygens (including phenoxy) is 1. The number of hydrogen-bond donors (Lipinski definition) is 2. The molecule has 0 radical (unpaired) electrons. The highest BCUT2D eigenvalue weighted by Crippen LogP contribution is 2.44. The molecular weight excluding hydrogens is 464 g/mol. The second-order valence-corrected chi connectivity index (χ2v) is 9.69. The van der Waals surface area contributed by atoms with Gasteiger partial charge < -0.3 is 19.8 Å². The van der Waals surface area contributed by atoms with Crippen LogP contribution >= 0.6 is 0 Å². The molecule has 1 aromatic heterocycles. The number of nitrogens with one attached hydrogen (secondary N) is 2. The molecule has 0 amide bonds. The lowest BCUT2D eigenvalue weighted by Crippen LogP contribution is -2.29. The molecule has 37 heavy (non-hydrogen) atoms. The van der Waals surface area contributed by atoms with Crippen LogP contribution < -0.4 is 20.8 Å². The fraction of sp³-hybridized carbons (Fsp3) is 0.226. The maximum absolute atomic E-state index is 13.8. The van der Waals surface area contributed by atoms with E-state index >= 15 is 0 Å². The first-order valence-electron chi connectivity index (χ1n) is 12.7. The Kier molecular flexibility index (Phi) is 5.80. The number of Topliss-reactive ketones (excluding diaryl/α,β-unsaturated/α-hetero) is 1. The van der Waals surface area contributed by atoms with Gasteiger partial charge in [0.2, 0.25) is 0 Å². The molecule has 2 atom stereocenters. The first-order valence-corrected chi connectivity index (χ1v) is 12.7. The second-order valence-electron chi connectivity index (χ2n) is 9.69. The topological polar surface area (TPSA) is 80.6 Å². The van der Waals surface area contributed by atoms with Crippen molar-refractivity contribution in [3.63, 3.8) is 0 Å². The molecule has 1 aliphatic heterocycles. The largest absolute Gasteiger partial charge is 0.494 e. The van der Waals surface area contributed by atoms with Gasteiger partial charge in [-0.2, -0.15) is 0 Å². The summed E-state index contributed by atoms with van der Waals surface area (Å²) in [6.07, 6.45) is 2.52. The third-order valence-electron chi connectivity index (χ3n) is 7.24. The first kappa shape index (κ1) is 23.1. The predicted molar refractivity (Wildman–Crippen MR) is 145 cm³/mol. The van der Waals surface area contributed by atoms with Crippen molar-refractivity contribution in [3.8, 4) is 5.75 Å². The standard InChI is InChI=1S/C31H28N2O4/c1-3-36-21-11-9-19(10-12-21)20-15-26-29(27(34)16-20)30(33-25-7-5-4-6-24(25)32-26)23-17-37-28-13-8-18(2)14-22(28)31(23)35/h4-14,17,20,30,32-33H,3,15-16H2,1-2H3. The summed E-state index contributed by atoms with van der Waals surface area (Å²) in [7, 11) is 0. The lowest BCUT2D eigenvalue weighted by Gasteiger charge is -2.29. The molecule has 2 heterocycles. The van der Waals surface area contributed by atoms with E-state index in [1.54, 1.807) is 0 Å². The molecule has 0 saturated carbocycles. The minimum absolute atomic E-state index is 0.0154. The molecule has 186 valence electrons. The predicted octanol–water partition coefficient (Wildman–Crippen LogP) is 6.48. The molecule has 3 aromatic carbocycles. The fourth-order valence-electron chi connectivity index (χ4n) is 5.42. The quantitative estimate of drug-likeness (QED) is 0.339. The Morgan fingerprint density at radius 1 is 0.973 bits per heavy atom. The van der Waals surface area contributed by atoms with Crippen LogP contribution in [0.15, 0.2) is 93.5 Å². The van der Waals surface area contributed by atoms with Crippen molar-refractivity contribution in [1.82, 2.24) is 0 Å². The number of rotatable bonds is 4. The van der Waals surface area contributed by atoms with Gasteiger partial charge in [-0.05, 0) is 68.1 Å². The van der Waals surface area contributed by atoms with Crippen LogP contribution in [0.5, 0.6) is 5.75 Å². The van der Waals surface area contributed by atoms with Gasteiger partial charge in [0.25, 0.3) is 0 Å². The average molecular weight is 493 g/mol. The van der Waals surface area contributed by atoms with E-state index in [0.29, 0.717) is 41.6 Å². The third kappa shape index (κ3) is 4.18. The molecule has 2 aliphatic rings. The monoisotopic (exact) mass is 492 g/mol. The summed E-state index contributed by atoms with van der Waals surface area (Å²) in [5.74, 6) is 0.857. The zero-order valence-electron chi connectivity index (χ0n) is 20.8. The Bertz CT molecular complexity index is 1600. The van der Waals surface area contributed by atoms with Gasteiger partial charge in [-0.15, -0.1) is 0 Å². The molecule has 0 bridgehead atoms. The van der Waals surface area contributed by atoms with Crippen molar-refractivity contribution in [1.29, 1.82) is 0 Å². The van der Waals surface area contributed by atoms with Crippen LogP contribution in [0.4, 0.5) is 11.4 Å². The summed E-state index contributed by atoms with van der Waals surface area (Å²) in [5.41, 5.74) is 6.03. The van der Waals surface area contributed by atoms with Crippen LogP contribution in [0.1, 0.15) is 48.4 Å². The highest BCUT2D eigenvalue weighted by Gasteiger charge is 2.37. The summed E-state index contributed by atoms with van der Waals surface area (Å²) in [5, 5.41) is 7.53.